The molecule has 1 N–H and O–H groups in total. The number of aromatic amines is 1. The number of nitrogens with zero attached hydrogens (tertiary/aromatic N) is 2. The van der Waals surface area contributed by atoms with Crippen LogP contribution in [0.2, 0.25) is 0 Å². The second-order valence-corrected chi connectivity index (χ2v) is 9.72. The number of rotatable bonds is 1. The number of aromatic nitrogens is 2. The Morgan fingerprint density at radius 3 is 2.09 bits per heavy atom. The van der Waals surface area contributed by atoms with Crippen LogP contribution in [-0.2, 0) is 0 Å². The van der Waals surface area contributed by atoms with Crippen LogP contribution in [0.1, 0.15) is 61.7 Å². The van der Waals surface area contributed by atoms with E-state index in [9.17, 15) is 0 Å². The lowest BCUT2D eigenvalue weighted by atomic mass is 9.83. The van der Waals surface area contributed by atoms with Crippen molar-refractivity contribution in [2.24, 2.45) is 0 Å². The van der Waals surface area contributed by atoms with Crippen molar-refractivity contribution < 1.29 is 0 Å². The van der Waals surface area contributed by atoms with Crippen molar-refractivity contribution in [2.45, 2.75) is 61.4 Å². The van der Waals surface area contributed by atoms with Crippen LogP contribution < -0.4 is 4.90 Å². The SMILES string of the molecule is Cc1cc2c(c(C)c1C)-c1ccnc3[nH]cc(c13)C(c1c(C)c(C)c(C)c(C)c1C)N2C. The van der Waals surface area contributed by atoms with Crippen LogP contribution >= 0.6 is 0 Å². The van der Waals surface area contributed by atoms with Gasteiger partial charge in [0.1, 0.15) is 5.65 Å². The van der Waals surface area contributed by atoms with Gasteiger partial charge in [-0.15, -0.1) is 0 Å². The zero-order valence-electron chi connectivity index (χ0n) is 20.8. The van der Waals surface area contributed by atoms with Crippen molar-refractivity contribution in [2.75, 3.05) is 11.9 Å². The molecule has 0 bridgehead atoms. The van der Waals surface area contributed by atoms with E-state index in [0.29, 0.717) is 0 Å². The molecule has 1 aliphatic rings. The predicted molar refractivity (Wildman–Crippen MR) is 136 cm³/mol. The second-order valence-electron chi connectivity index (χ2n) is 9.72. The predicted octanol–water partition coefficient (Wildman–Crippen LogP) is 7.24. The standard InChI is InChI=1S/C29H33N3/c1-14-12-24-26(19(6)15(14)2)22-10-11-30-29-27(22)23(13-31-29)28(32(24)9)25-20(7)17(4)16(3)18(5)21(25)8/h10-13,28H,1-9H3,(H,30,31). The third-order valence-electron chi connectivity index (χ3n) is 8.41. The molecular formula is C29H33N3. The lowest BCUT2D eigenvalue weighted by Crippen LogP contribution is -2.27. The molecule has 3 heterocycles. The average Bonchev–Trinajstić information content (AvgIpc) is 3.17. The Bertz CT molecular complexity index is 1390. The van der Waals surface area contributed by atoms with E-state index in [1.807, 2.05) is 6.20 Å². The average molecular weight is 424 g/mol. The first kappa shape index (κ1) is 20.8. The van der Waals surface area contributed by atoms with Gasteiger partial charge in [0.05, 0.1) is 6.04 Å². The Morgan fingerprint density at radius 2 is 1.44 bits per heavy atom. The van der Waals surface area contributed by atoms with E-state index in [-0.39, 0.29) is 6.04 Å². The summed E-state index contributed by atoms with van der Waals surface area (Å²) >= 11 is 0. The van der Waals surface area contributed by atoms with Crippen LogP contribution in [0.4, 0.5) is 5.69 Å². The van der Waals surface area contributed by atoms with E-state index in [4.69, 9.17) is 4.98 Å². The second kappa shape index (κ2) is 6.96. The lowest BCUT2D eigenvalue weighted by molar-refractivity contribution is 0.774. The molecule has 5 rings (SSSR count). The van der Waals surface area contributed by atoms with Gasteiger partial charge in [0.25, 0.3) is 0 Å². The van der Waals surface area contributed by atoms with Gasteiger partial charge in [-0.25, -0.2) is 4.98 Å². The Kier molecular flexibility index (Phi) is 4.53. The minimum absolute atomic E-state index is 0.118. The first-order valence-corrected chi connectivity index (χ1v) is 11.5. The van der Waals surface area contributed by atoms with Gasteiger partial charge in [0.2, 0.25) is 0 Å². The van der Waals surface area contributed by atoms with Crippen LogP contribution in [0.5, 0.6) is 0 Å². The van der Waals surface area contributed by atoms with Crippen LogP contribution in [0, 0.1) is 55.4 Å². The van der Waals surface area contributed by atoms with E-state index in [2.05, 4.69) is 90.7 Å². The molecule has 0 saturated heterocycles. The van der Waals surface area contributed by atoms with Crippen molar-refractivity contribution >= 4 is 16.7 Å². The lowest BCUT2D eigenvalue weighted by Gasteiger charge is -2.34. The van der Waals surface area contributed by atoms with E-state index in [1.54, 1.807) is 0 Å². The summed E-state index contributed by atoms with van der Waals surface area (Å²) < 4.78 is 0. The minimum atomic E-state index is 0.118. The molecule has 0 fully saturated rings. The summed E-state index contributed by atoms with van der Waals surface area (Å²) in [5, 5.41) is 1.25. The summed E-state index contributed by atoms with van der Waals surface area (Å²) in [4.78, 5) is 10.7. The molecule has 1 aliphatic heterocycles. The largest absolute Gasteiger partial charge is 0.363 e. The number of fused-ring (bicyclic) bond motifs is 2. The molecule has 3 nitrogen and oxygen atoms in total. The van der Waals surface area contributed by atoms with Crippen molar-refractivity contribution in [1.82, 2.24) is 9.97 Å². The number of hydrogen-bond donors (Lipinski definition) is 1. The van der Waals surface area contributed by atoms with Crippen LogP contribution in [0.25, 0.3) is 22.2 Å². The van der Waals surface area contributed by atoms with Gasteiger partial charge >= 0.3 is 0 Å². The molecule has 2 aromatic heterocycles. The fraction of sp³-hybridized carbons (Fsp3) is 0.345. The molecule has 0 amide bonds. The first-order chi connectivity index (χ1) is 15.1. The van der Waals surface area contributed by atoms with E-state index in [0.717, 1.165) is 5.65 Å². The smallest absolute Gasteiger partial charge is 0.138 e. The fourth-order valence-corrected chi connectivity index (χ4v) is 5.82. The van der Waals surface area contributed by atoms with Crippen molar-refractivity contribution in [3.63, 3.8) is 0 Å². The molecule has 0 spiro atoms. The highest BCUT2D eigenvalue weighted by molar-refractivity contribution is 6.03. The molecule has 1 atom stereocenters. The maximum absolute atomic E-state index is 4.70. The Hall–Kier alpha value is -3.07. The van der Waals surface area contributed by atoms with Crippen molar-refractivity contribution in [3.05, 3.63) is 80.2 Å². The molecule has 3 heteroatoms. The summed E-state index contributed by atoms with van der Waals surface area (Å²) in [5.41, 5.74) is 18.7. The van der Waals surface area contributed by atoms with Gasteiger partial charge < -0.3 is 9.88 Å². The van der Waals surface area contributed by atoms with Gasteiger partial charge in [0.15, 0.2) is 0 Å². The monoisotopic (exact) mass is 423 g/mol. The maximum atomic E-state index is 4.70. The summed E-state index contributed by atoms with van der Waals surface area (Å²) in [6.07, 6.45) is 4.13. The molecular weight excluding hydrogens is 390 g/mol. The highest BCUT2D eigenvalue weighted by Gasteiger charge is 2.34. The molecule has 32 heavy (non-hydrogen) atoms. The number of benzene rings is 2. The first-order valence-electron chi connectivity index (χ1n) is 11.5. The number of H-pyrrole nitrogens is 1. The Morgan fingerprint density at radius 1 is 0.812 bits per heavy atom. The highest BCUT2D eigenvalue weighted by Crippen LogP contribution is 2.50. The summed E-state index contributed by atoms with van der Waals surface area (Å²) in [5.74, 6) is 0. The van der Waals surface area contributed by atoms with Gasteiger partial charge in [-0.2, -0.15) is 0 Å². The number of hydrogen-bond acceptors (Lipinski definition) is 2. The van der Waals surface area contributed by atoms with Crippen molar-refractivity contribution in [1.29, 1.82) is 0 Å². The van der Waals surface area contributed by atoms with Gasteiger partial charge in [-0.3, -0.25) is 0 Å². The zero-order valence-corrected chi connectivity index (χ0v) is 20.8. The third kappa shape index (κ3) is 2.57. The summed E-state index contributed by atoms with van der Waals surface area (Å²) in [6, 6.07) is 4.69. The fourth-order valence-electron chi connectivity index (χ4n) is 5.82. The van der Waals surface area contributed by atoms with E-state index < -0.39 is 0 Å². The van der Waals surface area contributed by atoms with E-state index in [1.165, 1.54) is 77.8 Å². The Balaban J connectivity index is 1.97. The van der Waals surface area contributed by atoms with Gasteiger partial charge in [-0.05, 0) is 123 Å². The van der Waals surface area contributed by atoms with Crippen LogP contribution in [-0.4, -0.2) is 17.0 Å². The molecule has 2 aromatic carbocycles. The molecule has 0 aliphatic carbocycles. The summed E-state index contributed by atoms with van der Waals surface area (Å²) in [7, 11) is 2.26. The zero-order chi connectivity index (χ0) is 23.1. The normalized spacial score (nSPS) is 15.3. The molecule has 1 unspecified atom stereocenters. The molecule has 0 radical (unpaired) electrons. The van der Waals surface area contributed by atoms with E-state index >= 15 is 0 Å². The third-order valence-corrected chi connectivity index (χ3v) is 8.41. The van der Waals surface area contributed by atoms with Crippen LogP contribution in [0.15, 0.2) is 24.5 Å². The summed E-state index contributed by atoms with van der Waals surface area (Å²) in [6.45, 7) is 18.1. The van der Waals surface area contributed by atoms with Gasteiger partial charge in [-0.1, -0.05) is 0 Å². The number of nitrogens with one attached hydrogen (secondary N) is 1. The minimum Gasteiger partial charge on any atom is -0.363 e. The number of aryl methyl sites for hydroxylation is 1. The number of anilines is 1. The van der Waals surface area contributed by atoms with Crippen LogP contribution in [0.3, 0.4) is 0 Å². The maximum Gasteiger partial charge on any atom is 0.138 e. The molecule has 164 valence electrons. The Labute approximate surface area is 191 Å². The van der Waals surface area contributed by atoms with Crippen molar-refractivity contribution in [3.8, 4) is 11.1 Å². The topological polar surface area (TPSA) is 31.9 Å². The highest BCUT2D eigenvalue weighted by atomic mass is 15.1. The number of pyridine rings is 1. The molecule has 0 saturated carbocycles. The molecule has 4 aromatic rings. The van der Waals surface area contributed by atoms with Gasteiger partial charge in [0, 0.05) is 41.6 Å². The quantitative estimate of drug-likeness (QED) is 0.350.